The molecule has 1 aliphatic carbocycles. The smallest absolute Gasteiger partial charge is 0.224 e. The quantitative estimate of drug-likeness (QED) is 0.619. The van der Waals surface area contributed by atoms with E-state index in [4.69, 9.17) is 10.5 Å². The van der Waals surface area contributed by atoms with Crippen molar-refractivity contribution in [2.75, 3.05) is 17.7 Å². The predicted molar refractivity (Wildman–Crippen MR) is 81.7 cm³/mol. The van der Waals surface area contributed by atoms with E-state index in [1.807, 2.05) is 19.1 Å². The highest BCUT2D eigenvalue weighted by Gasteiger charge is 2.15. The van der Waals surface area contributed by atoms with Crippen LogP contribution < -0.4 is 11.1 Å². The van der Waals surface area contributed by atoms with Crippen molar-refractivity contribution < 1.29 is 9.53 Å². The molecule has 0 aromatic heterocycles. The molecule has 2 rings (SSSR count). The molecule has 0 atom stereocenters. The van der Waals surface area contributed by atoms with Crippen molar-refractivity contribution in [1.29, 1.82) is 0 Å². The van der Waals surface area contributed by atoms with Crippen LogP contribution in [-0.4, -0.2) is 18.6 Å². The minimum Gasteiger partial charge on any atom is -0.399 e. The molecule has 0 saturated heterocycles. The second-order valence-electron chi connectivity index (χ2n) is 5.50. The molecule has 1 aliphatic rings. The van der Waals surface area contributed by atoms with Crippen LogP contribution in [0.4, 0.5) is 11.4 Å². The maximum atomic E-state index is 11.9. The molecule has 0 bridgehead atoms. The number of hydrogen-bond donors (Lipinski definition) is 2. The van der Waals surface area contributed by atoms with E-state index in [-0.39, 0.29) is 5.91 Å². The number of benzene rings is 1. The molecule has 1 aromatic carbocycles. The number of amides is 1. The Morgan fingerprint density at radius 2 is 2.15 bits per heavy atom. The SMILES string of the molecule is Cc1ccc(N)cc1NC(=O)CCCOC1CCCC1. The first-order valence-electron chi connectivity index (χ1n) is 7.43. The zero-order chi connectivity index (χ0) is 14.4. The monoisotopic (exact) mass is 276 g/mol. The molecular formula is C16H24N2O2. The first-order chi connectivity index (χ1) is 9.65. The Morgan fingerprint density at radius 1 is 1.40 bits per heavy atom. The molecule has 0 radical (unpaired) electrons. The molecule has 1 amide bonds. The Kier molecular flexibility index (Phi) is 5.41. The topological polar surface area (TPSA) is 64.3 Å². The highest BCUT2D eigenvalue weighted by Crippen LogP contribution is 2.21. The fourth-order valence-electron chi connectivity index (χ4n) is 2.52. The van der Waals surface area contributed by atoms with E-state index in [2.05, 4.69) is 5.32 Å². The third-order valence-corrected chi connectivity index (χ3v) is 3.74. The van der Waals surface area contributed by atoms with Gasteiger partial charge in [0.05, 0.1) is 6.10 Å². The van der Waals surface area contributed by atoms with Crippen LogP contribution in [0, 0.1) is 6.92 Å². The van der Waals surface area contributed by atoms with Crippen molar-refractivity contribution in [1.82, 2.24) is 0 Å². The van der Waals surface area contributed by atoms with E-state index in [9.17, 15) is 4.79 Å². The van der Waals surface area contributed by atoms with Crippen LogP contribution in [0.5, 0.6) is 0 Å². The maximum absolute atomic E-state index is 11.9. The third kappa shape index (κ3) is 4.53. The molecular weight excluding hydrogens is 252 g/mol. The van der Waals surface area contributed by atoms with Gasteiger partial charge in [-0.2, -0.15) is 0 Å². The molecule has 110 valence electrons. The fourth-order valence-corrected chi connectivity index (χ4v) is 2.52. The number of rotatable bonds is 6. The van der Waals surface area contributed by atoms with Gasteiger partial charge in [0.2, 0.25) is 5.91 Å². The largest absolute Gasteiger partial charge is 0.399 e. The summed E-state index contributed by atoms with van der Waals surface area (Å²) in [7, 11) is 0. The summed E-state index contributed by atoms with van der Waals surface area (Å²) in [6.45, 7) is 2.63. The van der Waals surface area contributed by atoms with E-state index in [1.54, 1.807) is 6.07 Å². The lowest BCUT2D eigenvalue weighted by molar-refractivity contribution is -0.116. The van der Waals surface area contributed by atoms with E-state index < -0.39 is 0 Å². The summed E-state index contributed by atoms with van der Waals surface area (Å²) in [6.07, 6.45) is 6.59. The zero-order valence-corrected chi connectivity index (χ0v) is 12.2. The Labute approximate surface area is 120 Å². The van der Waals surface area contributed by atoms with Gasteiger partial charge in [0.15, 0.2) is 0 Å². The molecule has 0 aliphatic heterocycles. The van der Waals surface area contributed by atoms with E-state index in [0.29, 0.717) is 24.8 Å². The van der Waals surface area contributed by atoms with Crippen molar-refractivity contribution >= 4 is 17.3 Å². The maximum Gasteiger partial charge on any atom is 0.224 e. The minimum atomic E-state index is 0.0220. The van der Waals surface area contributed by atoms with Crippen LogP contribution in [0.15, 0.2) is 18.2 Å². The van der Waals surface area contributed by atoms with Crippen LogP contribution in [-0.2, 0) is 9.53 Å². The summed E-state index contributed by atoms with van der Waals surface area (Å²) in [6, 6.07) is 5.54. The number of aryl methyl sites for hydroxylation is 1. The Bertz CT molecular complexity index is 454. The number of hydrogen-bond acceptors (Lipinski definition) is 3. The number of ether oxygens (including phenoxy) is 1. The van der Waals surface area contributed by atoms with Crippen LogP contribution >= 0.6 is 0 Å². The number of nitrogens with two attached hydrogens (primary N) is 1. The van der Waals surface area contributed by atoms with Crippen LogP contribution in [0.25, 0.3) is 0 Å². The summed E-state index contributed by atoms with van der Waals surface area (Å²) in [5.41, 5.74) is 8.21. The zero-order valence-electron chi connectivity index (χ0n) is 12.2. The standard InChI is InChI=1S/C16H24N2O2/c1-12-8-9-13(17)11-15(12)18-16(19)7-4-10-20-14-5-2-3-6-14/h8-9,11,14H,2-7,10,17H2,1H3,(H,18,19). The second kappa shape index (κ2) is 7.29. The summed E-state index contributed by atoms with van der Waals surface area (Å²) < 4.78 is 5.75. The lowest BCUT2D eigenvalue weighted by Crippen LogP contribution is -2.15. The molecule has 0 unspecified atom stereocenters. The first kappa shape index (κ1) is 14.9. The predicted octanol–water partition coefficient (Wildman–Crippen LogP) is 3.26. The molecule has 3 N–H and O–H groups in total. The highest BCUT2D eigenvalue weighted by atomic mass is 16.5. The fraction of sp³-hybridized carbons (Fsp3) is 0.562. The number of anilines is 2. The third-order valence-electron chi connectivity index (χ3n) is 3.74. The molecule has 1 fully saturated rings. The van der Waals surface area contributed by atoms with Gasteiger partial charge in [-0.1, -0.05) is 18.9 Å². The number of carbonyl (C=O) groups is 1. The Morgan fingerprint density at radius 3 is 2.90 bits per heavy atom. The molecule has 4 nitrogen and oxygen atoms in total. The van der Waals surface area contributed by atoms with Gasteiger partial charge in [0.25, 0.3) is 0 Å². The summed E-state index contributed by atoms with van der Waals surface area (Å²) >= 11 is 0. The van der Waals surface area contributed by atoms with E-state index in [1.165, 1.54) is 25.7 Å². The van der Waals surface area contributed by atoms with Crippen molar-refractivity contribution in [2.45, 2.75) is 51.6 Å². The summed E-state index contributed by atoms with van der Waals surface area (Å²) in [5, 5.41) is 2.90. The molecule has 1 aromatic rings. The van der Waals surface area contributed by atoms with Gasteiger partial charge < -0.3 is 15.8 Å². The first-order valence-corrected chi connectivity index (χ1v) is 7.43. The Balaban J connectivity index is 1.68. The molecule has 0 spiro atoms. The van der Waals surface area contributed by atoms with E-state index in [0.717, 1.165) is 17.7 Å². The summed E-state index contributed by atoms with van der Waals surface area (Å²) in [5.74, 6) is 0.0220. The van der Waals surface area contributed by atoms with Crippen molar-refractivity contribution in [3.05, 3.63) is 23.8 Å². The van der Waals surface area contributed by atoms with Gasteiger partial charge >= 0.3 is 0 Å². The highest BCUT2D eigenvalue weighted by molar-refractivity contribution is 5.91. The number of nitrogens with one attached hydrogen (secondary N) is 1. The lowest BCUT2D eigenvalue weighted by atomic mass is 10.1. The molecule has 1 saturated carbocycles. The van der Waals surface area contributed by atoms with Crippen LogP contribution in [0.3, 0.4) is 0 Å². The van der Waals surface area contributed by atoms with Gasteiger partial charge in [-0.15, -0.1) is 0 Å². The normalized spacial score (nSPS) is 15.4. The van der Waals surface area contributed by atoms with Crippen molar-refractivity contribution in [2.24, 2.45) is 0 Å². The Hall–Kier alpha value is -1.55. The average Bonchev–Trinajstić information content (AvgIpc) is 2.92. The molecule has 0 heterocycles. The van der Waals surface area contributed by atoms with Crippen molar-refractivity contribution in [3.63, 3.8) is 0 Å². The van der Waals surface area contributed by atoms with Gasteiger partial charge in [-0.3, -0.25) is 4.79 Å². The van der Waals surface area contributed by atoms with Crippen LogP contribution in [0.2, 0.25) is 0 Å². The van der Waals surface area contributed by atoms with Crippen LogP contribution in [0.1, 0.15) is 44.1 Å². The molecule has 20 heavy (non-hydrogen) atoms. The van der Waals surface area contributed by atoms with Gasteiger partial charge in [-0.25, -0.2) is 0 Å². The van der Waals surface area contributed by atoms with Crippen molar-refractivity contribution in [3.8, 4) is 0 Å². The van der Waals surface area contributed by atoms with Gasteiger partial charge in [-0.05, 0) is 43.9 Å². The average molecular weight is 276 g/mol. The number of nitrogen functional groups attached to an aromatic ring is 1. The van der Waals surface area contributed by atoms with Gasteiger partial charge in [0, 0.05) is 24.4 Å². The number of carbonyl (C=O) groups excluding carboxylic acids is 1. The molecule has 4 heteroatoms. The second-order valence-corrected chi connectivity index (χ2v) is 5.50. The van der Waals surface area contributed by atoms with Gasteiger partial charge in [0.1, 0.15) is 0 Å². The lowest BCUT2D eigenvalue weighted by Gasteiger charge is -2.11. The summed E-state index contributed by atoms with van der Waals surface area (Å²) in [4.78, 5) is 11.9. The minimum absolute atomic E-state index is 0.0220. The van der Waals surface area contributed by atoms with E-state index >= 15 is 0 Å².